The van der Waals surface area contributed by atoms with Gasteiger partial charge < -0.3 is 4.55 Å². The fourth-order valence-electron chi connectivity index (χ4n) is 3.74. The van der Waals surface area contributed by atoms with E-state index < -0.39 is 26.0 Å². The van der Waals surface area contributed by atoms with Crippen LogP contribution in [0.3, 0.4) is 0 Å². The van der Waals surface area contributed by atoms with Crippen molar-refractivity contribution in [3.63, 3.8) is 0 Å². The molecular weight excluding hydrogens is 452 g/mol. The van der Waals surface area contributed by atoms with E-state index in [4.69, 9.17) is 0 Å². The van der Waals surface area contributed by atoms with Gasteiger partial charge in [0.25, 0.3) is 0 Å². The molecule has 170 valence electrons. The first-order valence-electron chi connectivity index (χ1n) is 10.3. The summed E-state index contributed by atoms with van der Waals surface area (Å²) in [6, 6.07) is 36.6. The molecule has 4 aromatic rings. The van der Waals surface area contributed by atoms with Crippen molar-refractivity contribution in [3.05, 3.63) is 138 Å². The van der Waals surface area contributed by atoms with Crippen molar-refractivity contribution in [1.29, 1.82) is 0 Å². The van der Waals surface area contributed by atoms with Gasteiger partial charge in [0.2, 0.25) is 4.75 Å². The summed E-state index contributed by atoms with van der Waals surface area (Å²) < 4.78 is 41.5. The van der Waals surface area contributed by atoms with Crippen LogP contribution in [-0.4, -0.2) is 23.8 Å². The number of hydrogen-bond donors (Lipinski definition) is 1. The molecule has 0 aromatic heterocycles. The Labute approximate surface area is 198 Å². The molecule has 0 aliphatic heterocycles. The Bertz CT molecular complexity index is 1140. The van der Waals surface area contributed by atoms with Crippen LogP contribution in [0, 0.1) is 6.92 Å². The Morgan fingerprint density at radius 3 is 1.27 bits per heavy atom. The predicted molar refractivity (Wildman–Crippen MR) is 134 cm³/mol. The van der Waals surface area contributed by atoms with Crippen molar-refractivity contribution < 1.29 is 17.5 Å². The van der Waals surface area contributed by atoms with Crippen LogP contribution in [0.5, 0.6) is 0 Å². The maximum Gasteiger partial charge on any atom is 0.234 e. The highest BCUT2D eigenvalue weighted by molar-refractivity contribution is 7.92. The summed E-state index contributed by atoms with van der Waals surface area (Å²) in [5, 5.41) is 0. The molecule has 0 aliphatic carbocycles. The van der Waals surface area contributed by atoms with Crippen molar-refractivity contribution in [2.24, 2.45) is 0 Å². The summed E-state index contributed by atoms with van der Waals surface area (Å²) in [6.45, 7) is 1.82. The summed E-state index contributed by atoms with van der Waals surface area (Å²) in [6.07, 6.45) is 1.90. The van der Waals surface area contributed by atoms with Gasteiger partial charge in [-0.1, -0.05) is 109 Å². The molecule has 1 N–H and O–H groups in total. The Morgan fingerprint density at radius 1 is 0.667 bits per heavy atom. The van der Waals surface area contributed by atoms with E-state index in [9.17, 15) is 17.5 Å². The minimum Gasteiger partial charge on any atom is -0.744 e. The average Bonchev–Trinajstić information content (AvgIpc) is 2.82. The molecular formula is C27H26O4S2. The van der Waals surface area contributed by atoms with Crippen molar-refractivity contribution in [2.45, 2.75) is 16.6 Å². The third kappa shape index (κ3) is 5.72. The molecule has 0 fully saturated rings. The number of hydrogen-bond acceptors (Lipinski definition) is 4. The lowest BCUT2D eigenvalue weighted by atomic mass is 9.84. The summed E-state index contributed by atoms with van der Waals surface area (Å²) >= 11 is -0.865. The Morgan fingerprint density at radius 2 is 1.00 bits per heavy atom. The first-order valence-corrected chi connectivity index (χ1v) is 13.3. The smallest absolute Gasteiger partial charge is 0.234 e. The highest BCUT2D eigenvalue weighted by Gasteiger charge is 2.50. The van der Waals surface area contributed by atoms with E-state index >= 15 is 0 Å². The summed E-state index contributed by atoms with van der Waals surface area (Å²) in [5.41, 5.74) is 4.26. The molecule has 0 aliphatic rings. The minimum atomic E-state index is -4.27. The van der Waals surface area contributed by atoms with Crippen molar-refractivity contribution >= 4 is 21.3 Å². The highest BCUT2D eigenvalue weighted by atomic mass is 32.2. The average molecular weight is 479 g/mol. The second-order valence-corrected chi connectivity index (χ2v) is 10.5. The van der Waals surface area contributed by atoms with Gasteiger partial charge in [0.15, 0.2) is 11.2 Å². The minimum absolute atomic E-state index is 0.178. The van der Waals surface area contributed by atoms with Crippen molar-refractivity contribution in [3.8, 4) is 0 Å². The molecule has 0 amide bonds. The summed E-state index contributed by atoms with van der Waals surface area (Å²) in [5.74, 6) is 0. The molecule has 0 radical (unpaired) electrons. The molecule has 0 spiro atoms. The van der Waals surface area contributed by atoms with E-state index in [1.807, 2.05) is 67.8 Å². The van der Waals surface area contributed by atoms with E-state index in [1.54, 1.807) is 12.1 Å². The molecule has 6 heteroatoms. The largest absolute Gasteiger partial charge is 0.744 e. The van der Waals surface area contributed by atoms with Crippen LogP contribution >= 0.6 is 0 Å². The topological polar surface area (TPSA) is 77.4 Å². The van der Waals surface area contributed by atoms with Gasteiger partial charge in [0.1, 0.15) is 16.4 Å². The molecule has 0 saturated carbocycles. The van der Waals surface area contributed by atoms with E-state index in [0.29, 0.717) is 0 Å². The number of aryl methyl sites for hydroxylation is 1. The predicted octanol–water partition coefficient (Wildman–Crippen LogP) is 5.60. The first kappa shape index (κ1) is 24.7. The van der Waals surface area contributed by atoms with E-state index in [-0.39, 0.29) is 4.90 Å². The second kappa shape index (κ2) is 10.8. The molecule has 4 nitrogen and oxygen atoms in total. The van der Waals surface area contributed by atoms with Crippen LogP contribution in [0.2, 0.25) is 0 Å². The van der Waals surface area contributed by atoms with Crippen LogP contribution in [0.25, 0.3) is 0 Å². The van der Waals surface area contributed by atoms with Gasteiger partial charge in [0, 0.05) is 16.7 Å². The quantitative estimate of drug-likeness (QED) is 0.230. The Balaban J connectivity index is 0.000000235. The van der Waals surface area contributed by atoms with Crippen LogP contribution in [-0.2, 0) is 26.0 Å². The van der Waals surface area contributed by atoms with E-state index in [2.05, 4.69) is 36.4 Å². The summed E-state index contributed by atoms with van der Waals surface area (Å²) in [7, 11) is -4.27. The lowest BCUT2D eigenvalue weighted by Crippen LogP contribution is -2.37. The van der Waals surface area contributed by atoms with Gasteiger partial charge in [-0.15, -0.1) is 0 Å². The first-order chi connectivity index (χ1) is 15.8. The van der Waals surface area contributed by atoms with Gasteiger partial charge in [-0.25, -0.2) is 8.42 Å². The van der Waals surface area contributed by atoms with Crippen LogP contribution in [0.4, 0.5) is 0 Å². The maximum atomic E-state index is 10.9. The fraction of sp³-hybridized carbons (Fsp3) is 0.111. The molecule has 33 heavy (non-hydrogen) atoms. The Hall–Kier alpha value is -2.90. The van der Waals surface area contributed by atoms with Crippen LogP contribution < -0.4 is 0 Å². The standard InChI is InChI=1S/C20H19OS.C7H8O3S/c1-22(21)20(17-11-5-2-6-12-17,18-13-7-3-8-14-18)19-15-9-4-10-16-19;1-6-2-4-7(5-3-6)11(8,9)10/h2-16,21H,1H3;2-5H,1H3,(H,8,9,10)/q+1;/p-1. The number of rotatable bonds is 5. The van der Waals surface area contributed by atoms with Crippen LogP contribution in [0.1, 0.15) is 22.3 Å². The lowest BCUT2D eigenvalue weighted by molar-refractivity contribution is 0.463. The molecule has 1 atom stereocenters. The van der Waals surface area contributed by atoms with Gasteiger partial charge >= 0.3 is 0 Å². The van der Waals surface area contributed by atoms with Gasteiger partial charge in [-0.3, -0.25) is 0 Å². The molecule has 0 heterocycles. The van der Waals surface area contributed by atoms with Crippen molar-refractivity contribution in [1.82, 2.24) is 0 Å². The third-order valence-corrected chi connectivity index (χ3v) is 7.74. The zero-order valence-electron chi connectivity index (χ0n) is 18.5. The molecule has 4 aromatic carbocycles. The van der Waals surface area contributed by atoms with Gasteiger partial charge in [-0.05, 0) is 19.1 Å². The second-order valence-electron chi connectivity index (χ2n) is 7.52. The third-order valence-electron chi connectivity index (χ3n) is 5.29. The lowest BCUT2D eigenvalue weighted by Gasteiger charge is -2.29. The fourth-order valence-corrected chi connectivity index (χ4v) is 5.64. The molecule has 4 rings (SSSR count). The zero-order chi connectivity index (χ0) is 23.9. The van der Waals surface area contributed by atoms with Crippen LogP contribution in [0.15, 0.2) is 120 Å². The molecule has 1 unspecified atom stereocenters. The number of benzene rings is 4. The summed E-state index contributed by atoms with van der Waals surface area (Å²) in [4.78, 5) is -0.178. The molecule has 0 bridgehead atoms. The van der Waals surface area contributed by atoms with Crippen molar-refractivity contribution in [2.75, 3.05) is 6.26 Å². The van der Waals surface area contributed by atoms with E-state index in [1.165, 1.54) is 12.1 Å². The maximum absolute atomic E-state index is 10.9. The molecule has 0 saturated heterocycles. The van der Waals surface area contributed by atoms with Gasteiger partial charge in [0.05, 0.1) is 4.90 Å². The van der Waals surface area contributed by atoms with E-state index in [0.717, 1.165) is 22.3 Å². The normalized spacial score (nSPS) is 12.4. The monoisotopic (exact) mass is 478 g/mol. The Kier molecular flexibility index (Phi) is 8.10. The highest BCUT2D eigenvalue weighted by Crippen LogP contribution is 2.43. The van der Waals surface area contributed by atoms with Gasteiger partial charge in [-0.2, -0.15) is 4.55 Å². The SMILES string of the molecule is C[S+](O)C(c1ccccc1)(c1ccccc1)c1ccccc1.Cc1ccc(S(=O)(=O)[O-])cc1. The zero-order valence-corrected chi connectivity index (χ0v) is 20.1.